The zero-order valence-corrected chi connectivity index (χ0v) is 17.3. The van der Waals surface area contributed by atoms with Gasteiger partial charge in [-0.3, -0.25) is 4.90 Å². The van der Waals surface area contributed by atoms with Crippen LogP contribution >= 0.6 is 11.3 Å². The number of hydrogen-bond acceptors (Lipinski definition) is 4. The van der Waals surface area contributed by atoms with Crippen LogP contribution in [0.15, 0.2) is 29.6 Å². The SMILES string of the molecule is COc1cc(CN2CCCCCC2c2sccc2C)ccc1OC(C)C. The van der Waals surface area contributed by atoms with Crippen LogP contribution in [0.25, 0.3) is 0 Å². The molecule has 0 spiro atoms. The standard InChI is InChI=1S/C22H31NO2S/c1-16(2)25-20-10-9-18(14-21(20)24-4)15-23-12-7-5-6-8-19(23)22-17(3)11-13-26-22/h9-11,13-14,16,19H,5-8,12,15H2,1-4H3. The molecule has 0 radical (unpaired) electrons. The molecule has 1 aromatic carbocycles. The minimum absolute atomic E-state index is 0.145. The van der Waals surface area contributed by atoms with Crippen molar-refractivity contribution in [1.29, 1.82) is 0 Å². The Bertz CT molecular complexity index is 710. The van der Waals surface area contributed by atoms with Crippen molar-refractivity contribution in [2.75, 3.05) is 13.7 Å². The first-order valence-corrected chi connectivity index (χ1v) is 10.6. The molecule has 0 saturated carbocycles. The third kappa shape index (κ3) is 4.60. The quantitative estimate of drug-likeness (QED) is 0.622. The topological polar surface area (TPSA) is 21.7 Å². The van der Waals surface area contributed by atoms with Gasteiger partial charge in [-0.2, -0.15) is 0 Å². The van der Waals surface area contributed by atoms with Crippen molar-refractivity contribution in [3.8, 4) is 11.5 Å². The smallest absolute Gasteiger partial charge is 0.161 e. The minimum Gasteiger partial charge on any atom is -0.493 e. The second kappa shape index (κ2) is 8.92. The Balaban J connectivity index is 1.81. The Hall–Kier alpha value is -1.52. The maximum atomic E-state index is 5.86. The van der Waals surface area contributed by atoms with E-state index in [1.807, 2.05) is 25.2 Å². The van der Waals surface area contributed by atoms with E-state index in [9.17, 15) is 0 Å². The molecule has 4 heteroatoms. The van der Waals surface area contributed by atoms with Gasteiger partial charge in [0.15, 0.2) is 11.5 Å². The second-order valence-electron chi connectivity index (χ2n) is 7.46. The van der Waals surface area contributed by atoms with E-state index in [4.69, 9.17) is 9.47 Å². The molecule has 1 aliphatic rings. The summed E-state index contributed by atoms with van der Waals surface area (Å²) in [5, 5.41) is 2.23. The van der Waals surface area contributed by atoms with Crippen molar-refractivity contribution in [3.05, 3.63) is 45.6 Å². The van der Waals surface area contributed by atoms with Gasteiger partial charge in [0.2, 0.25) is 0 Å². The van der Waals surface area contributed by atoms with Crippen molar-refractivity contribution in [3.63, 3.8) is 0 Å². The Morgan fingerprint density at radius 2 is 2.00 bits per heavy atom. The highest BCUT2D eigenvalue weighted by Gasteiger charge is 2.25. The summed E-state index contributed by atoms with van der Waals surface area (Å²) in [5.74, 6) is 1.66. The van der Waals surface area contributed by atoms with E-state index in [2.05, 4.69) is 41.5 Å². The van der Waals surface area contributed by atoms with Crippen LogP contribution in [0.1, 0.15) is 61.6 Å². The molecule has 1 aromatic heterocycles. The first-order chi connectivity index (χ1) is 12.6. The largest absolute Gasteiger partial charge is 0.493 e. The number of aryl methyl sites for hydroxylation is 1. The number of nitrogens with zero attached hydrogens (tertiary/aromatic N) is 1. The fourth-order valence-electron chi connectivity index (χ4n) is 3.78. The third-order valence-electron chi connectivity index (χ3n) is 5.04. The van der Waals surface area contributed by atoms with Gasteiger partial charge in [-0.1, -0.05) is 18.9 Å². The predicted molar refractivity (Wildman–Crippen MR) is 109 cm³/mol. The van der Waals surface area contributed by atoms with Gasteiger partial charge in [-0.25, -0.2) is 0 Å². The molecular weight excluding hydrogens is 342 g/mol. The lowest BCUT2D eigenvalue weighted by Crippen LogP contribution is -2.28. The zero-order chi connectivity index (χ0) is 18.5. The van der Waals surface area contributed by atoms with Crippen LogP contribution in [0, 0.1) is 6.92 Å². The summed E-state index contributed by atoms with van der Waals surface area (Å²) in [4.78, 5) is 4.20. The Morgan fingerprint density at radius 3 is 2.69 bits per heavy atom. The van der Waals surface area contributed by atoms with Crippen LogP contribution in [-0.4, -0.2) is 24.7 Å². The minimum atomic E-state index is 0.145. The number of rotatable bonds is 6. The number of benzene rings is 1. The van der Waals surface area contributed by atoms with Crippen molar-refractivity contribution in [2.45, 2.75) is 65.1 Å². The molecule has 142 valence electrons. The van der Waals surface area contributed by atoms with Crippen LogP contribution in [0.5, 0.6) is 11.5 Å². The van der Waals surface area contributed by atoms with Gasteiger partial charge in [0, 0.05) is 17.5 Å². The van der Waals surface area contributed by atoms with Crippen LogP contribution < -0.4 is 9.47 Å². The maximum absolute atomic E-state index is 5.86. The Labute approximate surface area is 161 Å². The maximum Gasteiger partial charge on any atom is 0.161 e. The zero-order valence-electron chi connectivity index (χ0n) is 16.5. The van der Waals surface area contributed by atoms with Gasteiger partial charge >= 0.3 is 0 Å². The van der Waals surface area contributed by atoms with Crippen molar-refractivity contribution < 1.29 is 9.47 Å². The summed E-state index contributed by atoms with van der Waals surface area (Å²) in [7, 11) is 1.72. The third-order valence-corrected chi connectivity index (χ3v) is 6.16. The first kappa shape index (κ1) is 19.2. The van der Waals surface area contributed by atoms with E-state index in [-0.39, 0.29) is 6.10 Å². The van der Waals surface area contributed by atoms with E-state index in [0.717, 1.165) is 24.6 Å². The van der Waals surface area contributed by atoms with E-state index >= 15 is 0 Å². The molecule has 1 fully saturated rings. The van der Waals surface area contributed by atoms with Gasteiger partial charge < -0.3 is 9.47 Å². The molecule has 2 aromatic rings. The molecule has 26 heavy (non-hydrogen) atoms. The van der Waals surface area contributed by atoms with Gasteiger partial charge in [0.1, 0.15) is 0 Å². The van der Waals surface area contributed by atoms with Crippen LogP contribution in [0.2, 0.25) is 0 Å². The number of ether oxygens (including phenoxy) is 2. The molecule has 2 heterocycles. The molecule has 3 rings (SSSR count). The van der Waals surface area contributed by atoms with E-state index in [1.165, 1.54) is 36.8 Å². The van der Waals surface area contributed by atoms with Crippen LogP contribution in [0.3, 0.4) is 0 Å². The molecule has 0 aliphatic carbocycles. The molecule has 1 saturated heterocycles. The van der Waals surface area contributed by atoms with Gasteiger partial charge in [0.05, 0.1) is 13.2 Å². The summed E-state index contributed by atoms with van der Waals surface area (Å²) >= 11 is 1.91. The normalized spacial score (nSPS) is 18.7. The van der Waals surface area contributed by atoms with Crippen molar-refractivity contribution >= 4 is 11.3 Å². The highest BCUT2D eigenvalue weighted by atomic mass is 32.1. The highest BCUT2D eigenvalue weighted by molar-refractivity contribution is 7.10. The monoisotopic (exact) mass is 373 g/mol. The predicted octanol–water partition coefficient (Wildman–Crippen LogP) is 5.97. The second-order valence-corrected chi connectivity index (χ2v) is 8.40. The van der Waals surface area contributed by atoms with Crippen molar-refractivity contribution in [2.24, 2.45) is 0 Å². The van der Waals surface area contributed by atoms with Crippen molar-refractivity contribution in [1.82, 2.24) is 4.90 Å². The number of thiophene rings is 1. The Kier molecular flexibility index (Phi) is 6.60. The average molecular weight is 374 g/mol. The molecule has 0 amide bonds. The lowest BCUT2D eigenvalue weighted by molar-refractivity contribution is 0.194. The molecule has 0 N–H and O–H groups in total. The van der Waals surface area contributed by atoms with E-state index in [0.29, 0.717) is 6.04 Å². The summed E-state index contributed by atoms with van der Waals surface area (Å²) < 4.78 is 11.4. The first-order valence-electron chi connectivity index (χ1n) is 9.70. The summed E-state index contributed by atoms with van der Waals surface area (Å²) in [6.07, 6.45) is 5.34. The summed E-state index contributed by atoms with van der Waals surface area (Å²) in [6.45, 7) is 8.45. The summed E-state index contributed by atoms with van der Waals surface area (Å²) in [5.41, 5.74) is 2.73. The molecule has 0 bridgehead atoms. The lowest BCUT2D eigenvalue weighted by Gasteiger charge is -2.30. The molecule has 1 aliphatic heterocycles. The molecular formula is C22H31NO2S. The van der Waals surface area contributed by atoms with Gasteiger partial charge in [0.25, 0.3) is 0 Å². The number of hydrogen-bond donors (Lipinski definition) is 0. The summed E-state index contributed by atoms with van der Waals surface area (Å²) in [6, 6.07) is 9.17. The van der Waals surface area contributed by atoms with Gasteiger partial charge in [-0.15, -0.1) is 11.3 Å². The lowest BCUT2D eigenvalue weighted by atomic mass is 10.0. The average Bonchev–Trinajstić information content (AvgIpc) is 2.90. The number of likely N-dealkylation sites (tertiary alicyclic amines) is 1. The highest BCUT2D eigenvalue weighted by Crippen LogP contribution is 2.37. The molecule has 1 atom stereocenters. The number of methoxy groups -OCH3 is 1. The fraction of sp³-hybridized carbons (Fsp3) is 0.545. The molecule has 3 nitrogen and oxygen atoms in total. The fourth-order valence-corrected chi connectivity index (χ4v) is 4.87. The van der Waals surface area contributed by atoms with Crippen LogP contribution in [0.4, 0.5) is 0 Å². The van der Waals surface area contributed by atoms with E-state index < -0.39 is 0 Å². The van der Waals surface area contributed by atoms with Gasteiger partial charge in [-0.05, 0) is 74.9 Å². The van der Waals surface area contributed by atoms with E-state index in [1.54, 1.807) is 12.0 Å². The molecule has 1 unspecified atom stereocenters. The Morgan fingerprint density at radius 1 is 1.15 bits per heavy atom. The van der Waals surface area contributed by atoms with Crippen LogP contribution in [-0.2, 0) is 6.54 Å².